The highest BCUT2D eigenvalue weighted by Gasteiger charge is 2.09. The van der Waals surface area contributed by atoms with E-state index in [0.29, 0.717) is 42.5 Å². The monoisotopic (exact) mass is 423 g/mol. The van der Waals surface area contributed by atoms with Crippen molar-refractivity contribution in [3.05, 3.63) is 78.3 Å². The number of ether oxygens (including phenoxy) is 2. The molecular weight excluding hydrogens is 398 g/mol. The quantitative estimate of drug-likeness (QED) is 0.409. The minimum Gasteiger partial charge on any atom is -0.491 e. The van der Waals surface area contributed by atoms with Crippen LogP contribution in [0.4, 0.5) is 11.4 Å². The molecule has 31 heavy (non-hydrogen) atoms. The molecule has 162 valence electrons. The fraction of sp³-hybridized carbons (Fsp3) is 0.217. The van der Waals surface area contributed by atoms with Crippen LogP contribution in [0.1, 0.15) is 16.1 Å². The van der Waals surface area contributed by atoms with E-state index in [1.165, 1.54) is 0 Å². The molecule has 8 nitrogen and oxygen atoms in total. The second-order valence-electron chi connectivity index (χ2n) is 6.61. The normalized spacial score (nSPS) is 10.4. The number of hydrogen-bond acceptors (Lipinski definition) is 6. The molecule has 0 unspecified atom stereocenters. The fourth-order valence-corrected chi connectivity index (χ4v) is 2.75. The standard InChI is InChI=1S/C23H25N3O5/c1-29-11-12-31-20-8-3-6-18(14-20)24-16-22(27)26-19-7-2-5-17(13-19)23(28)25-15-21-9-4-10-30-21/h2-10,13-14,24H,11-12,15-16H2,1H3,(H,25,28)(H,26,27). The summed E-state index contributed by atoms with van der Waals surface area (Å²) in [5.41, 5.74) is 1.74. The van der Waals surface area contributed by atoms with Crippen LogP contribution in [0.3, 0.4) is 0 Å². The maximum Gasteiger partial charge on any atom is 0.251 e. The Morgan fingerprint density at radius 1 is 0.968 bits per heavy atom. The van der Waals surface area contributed by atoms with Crippen molar-refractivity contribution in [3.8, 4) is 5.75 Å². The van der Waals surface area contributed by atoms with Crippen molar-refractivity contribution in [2.75, 3.05) is 37.5 Å². The van der Waals surface area contributed by atoms with Gasteiger partial charge < -0.3 is 29.8 Å². The van der Waals surface area contributed by atoms with Gasteiger partial charge in [0.25, 0.3) is 5.91 Å². The maximum absolute atomic E-state index is 12.3. The highest BCUT2D eigenvalue weighted by atomic mass is 16.5. The number of hydrogen-bond donors (Lipinski definition) is 3. The topological polar surface area (TPSA) is 102 Å². The molecule has 2 amide bonds. The van der Waals surface area contributed by atoms with E-state index in [4.69, 9.17) is 13.9 Å². The van der Waals surface area contributed by atoms with Crippen LogP contribution in [0.2, 0.25) is 0 Å². The zero-order valence-corrected chi connectivity index (χ0v) is 17.2. The summed E-state index contributed by atoms with van der Waals surface area (Å²) < 4.78 is 15.7. The summed E-state index contributed by atoms with van der Waals surface area (Å²) in [5, 5.41) is 8.62. The van der Waals surface area contributed by atoms with Crippen LogP contribution < -0.4 is 20.7 Å². The van der Waals surface area contributed by atoms with Crippen LogP contribution in [0.15, 0.2) is 71.3 Å². The van der Waals surface area contributed by atoms with Gasteiger partial charge in [-0.25, -0.2) is 0 Å². The van der Waals surface area contributed by atoms with Crippen molar-refractivity contribution in [1.82, 2.24) is 5.32 Å². The summed E-state index contributed by atoms with van der Waals surface area (Å²) in [7, 11) is 1.61. The zero-order valence-electron chi connectivity index (χ0n) is 17.2. The van der Waals surface area contributed by atoms with E-state index in [9.17, 15) is 9.59 Å². The van der Waals surface area contributed by atoms with Gasteiger partial charge in [0, 0.05) is 30.1 Å². The first-order chi connectivity index (χ1) is 15.1. The molecule has 0 bridgehead atoms. The molecule has 0 spiro atoms. The number of carbonyl (C=O) groups is 2. The Morgan fingerprint density at radius 2 is 1.81 bits per heavy atom. The SMILES string of the molecule is COCCOc1cccc(NCC(=O)Nc2cccc(C(=O)NCc3ccco3)c2)c1. The molecule has 1 heterocycles. The average Bonchev–Trinajstić information content (AvgIpc) is 3.30. The number of nitrogens with one attached hydrogen (secondary N) is 3. The molecule has 2 aromatic carbocycles. The van der Waals surface area contributed by atoms with Crippen molar-refractivity contribution >= 4 is 23.2 Å². The van der Waals surface area contributed by atoms with Crippen LogP contribution in [-0.4, -0.2) is 38.7 Å². The largest absolute Gasteiger partial charge is 0.491 e. The Balaban J connectivity index is 1.48. The van der Waals surface area contributed by atoms with Gasteiger partial charge in [-0.2, -0.15) is 0 Å². The Bertz CT molecular complexity index is 988. The first-order valence-corrected chi connectivity index (χ1v) is 9.80. The van der Waals surface area contributed by atoms with Crippen molar-refractivity contribution in [2.24, 2.45) is 0 Å². The molecule has 3 rings (SSSR count). The van der Waals surface area contributed by atoms with Crippen molar-refractivity contribution in [1.29, 1.82) is 0 Å². The Kier molecular flexibility index (Phi) is 8.07. The third kappa shape index (κ3) is 7.20. The van der Waals surface area contributed by atoms with E-state index in [2.05, 4.69) is 16.0 Å². The van der Waals surface area contributed by atoms with Crippen LogP contribution in [0.25, 0.3) is 0 Å². The van der Waals surface area contributed by atoms with Gasteiger partial charge in [-0.05, 0) is 42.5 Å². The number of benzene rings is 2. The predicted octanol–water partition coefficient (Wildman–Crippen LogP) is 3.29. The molecule has 0 aliphatic heterocycles. The molecule has 0 atom stereocenters. The van der Waals surface area contributed by atoms with E-state index >= 15 is 0 Å². The summed E-state index contributed by atoms with van der Waals surface area (Å²) >= 11 is 0. The number of rotatable bonds is 11. The van der Waals surface area contributed by atoms with Gasteiger partial charge in [-0.15, -0.1) is 0 Å². The van der Waals surface area contributed by atoms with Gasteiger partial charge in [0.05, 0.1) is 26.0 Å². The molecule has 0 saturated carbocycles. The first-order valence-electron chi connectivity index (χ1n) is 9.80. The van der Waals surface area contributed by atoms with Crippen molar-refractivity contribution < 1.29 is 23.5 Å². The van der Waals surface area contributed by atoms with E-state index in [0.717, 1.165) is 5.69 Å². The van der Waals surface area contributed by atoms with Gasteiger partial charge >= 0.3 is 0 Å². The van der Waals surface area contributed by atoms with Crippen LogP contribution >= 0.6 is 0 Å². The summed E-state index contributed by atoms with van der Waals surface area (Å²) in [6.45, 7) is 1.31. The molecule has 8 heteroatoms. The third-order valence-corrected chi connectivity index (χ3v) is 4.26. The molecule has 0 saturated heterocycles. The predicted molar refractivity (Wildman–Crippen MR) is 117 cm³/mol. The van der Waals surface area contributed by atoms with Gasteiger partial charge in [0.2, 0.25) is 5.91 Å². The second-order valence-corrected chi connectivity index (χ2v) is 6.61. The smallest absolute Gasteiger partial charge is 0.251 e. The molecular formula is C23H25N3O5. The molecule has 0 fully saturated rings. The van der Waals surface area contributed by atoms with Crippen LogP contribution in [0, 0.1) is 0 Å². The maximum atomic E-state index is 12.3. The molecule has 1 aromatic heterocycles. The Morgan fingerprint density at radius 3 is 2.61 bits per heavy atom. The average molecular weight is 423 g/mol. The summed E-state index contributed by atoms with van der Waals surface area (Å²) in [6.07, 6.45) is 1.55. The molecule has 0 aliphatic carbocycles. The fourth-order valence-electron chi connectivity index (χ4n) is 2.75. The lowest BCUT2D eigenvalue weighted by molar-refractivity contribution is -0.114. The van der Waals surface area contributed by atoms with Gasteiger partial charge in [-0.1, -0.05) is 12.1 Å². The third-order valence-electron chi connectivity index (χ3n) is 4.26. The van der Waals surface area contributed by atoms with Crippen LogP contribution in [0.5, 0.6) is 5.75 Å². The molecule has 3 N–H and O–H groups in total. The summed E-state index contributed by atoms with van der Waals surface area (Å²) in [5.74, 6) is 0.863. The first kappa shape index (κ1) is 21.9. The minimum absolute atomic E-state index is 0.0659. The zero-order chi connectivity index (χ0) is 21.9. The van der Waals surface area contributed by atoms with Crippen LogP contribution in [-0.2, 0) is 16.1 Å². The number of carbonyl (C=O) groups excluding carboxylic acids is 2. The lowest BCUT2D eigenvalue weighted by atomic mass is 10.2. The lowest BCUT2D eigenvalue weighted by Gasteiger charge is -2.11. The summed E-state index contributed by atoms with van der Waals surface area (Å²) in [6, 6.07) is 17.6. The van der Waals surface area contributed by atoms with E-state index < -0.39 is 0 Å². The van der Waals surface area contributed by atoms with Crippen molar-refractivity contribution in [2.45, 2.75) is 6.54 Å². The Labute approximate surface area is 180 Å². The Hall–Kier alpha value is -3.78. The number of furan rings is 1. The number of methoxy groups -OCH3 is 1. The highest BCUT2D eigenvalue weighted by Crippen LogP contribution is 2.17. The molecule has 0 aliphatic rings. The van der Waals surface area contributed by atoms with E-state index in [1.807, 2.05) is 24.3 Å². The summed E-state index contributed by atoms with van der Waals surface area (Å²) in [4.78, 5) is 24.6. The van der Waals surface area contributed by atoms with Gasteiger partial charge in [-0.3, -0.25) is 9.59 Å². The molecule has 3 aromatic rings. The minimum atomic E-state index is -0.254. The number of anilines is 2. The van der Waals surface area contributed by atoms with E-state index in [1.54, 1.807) is 49.8 Å². The second kappa shape index (κ2) is 11.4. The van der Waals surface area contributed by atoms with Crippen molar-refractivity contribution in [3.63, 3.8) is 0 Å². The highest BCUT2D eigenvalue weighted by molar-refractivity contribution is 5.98. The van der Waals surface area contributed by atoms with Gasteiger partial charge in [0.15, 0.2) is 0 Å². The van der Waals surface area contributed by atoms with Gasteiger partial charge in [0.1, 0.15) is 18.1 Å². The number of amides is 2. The lowest BCUT2D eigenvalue weighted by Crippen LogP contribution is -2.24. The van der Waals surface area contributed by atoms with E-state index in [-0.39, 0.29) is 18.4 Å². The molecule has 0 radical (unpaired) electrons.